The molecule has 0 aromatic heterocycles. The summed E-state index contributed by atoms with van der Waals surface area (Å²) in [5, 5.41) is 5.67. The van der Waals surface area contributed by atoms with E-state index in [1.54, 1.807) is 13.1 Å². The van der Waals surface area contributed by atoms with E-state index in [9.17, 15) is 13.6 Å². The second-order valence-corrected chi connectivity index (χ2v) is 5.65. The molecular weight excluding hydrogens is 324 g/mol. The molecule has 2 N–H and O–H groups in total. The van der Waals surface area contributed by atoms with Gasteiger partial charge in [-0.2, -0.15) is 0 Å². The van der Waals surface area contributed by atoms with Gasteiger partial charge >= 0.3 is 0 Å². The van der Waals surface area contributed by atoms with Crippen LogP contribution in [-0.2, 0) is 17.9 Å². The first kappa shape index (κ1) is 16.8. The monoisotopic (exact) mass is 341 g/mol. The predicted octanol–water partition coefficient (Wildman–Crippen LogP) is 3.18. The lowest BCUT2D eigenvalue weighted by Gasteiger charge is -2.09. The Morgan fingerprint density at radius 3 is 2.68 bits per heavy atom. The van der Waals surface area contributed by atoms with Gasteiger partial charge in [-0.25, -0.2) is 8.78 Å². The minimum Gasteiger partial charge on any atom is -0.381 e. The first-order chi connectivity index (χ1) is 12.0. The summed E-state index contributed by atoms with van der Waals surface area (Å²) in [5.74, 6) is -1.39. The van der Waals surface area contributed by atoms with Crippen LogP contribution in [0.5, 0.6) is 0 Å². The van der Waals surface area contributed by atoms with Gasteiger partial charge < -0.3 is 10.6 Å². The van der Waals surface area contributed by atoms with Crippen molar-refractivity contribution in [2.75, 3.05) is 12.4 Å². The molecule has 2 aromatic carbocycles. The van der Waals surface area contributed by atoms with Gasteiger partial charge in [0.1, 0.15) is 11.6 Å². The molecule has 0 bridgehead atoms. The molecule has 0 aliphatic carbocycles. The van der Waals surface area contributed by atoms with Gasteiger partial charge in [0, 0.05) is 37.0 Å². The number of allylic oxidation sites excluding steroid dienone is 1. The number of fused-ring (bicyclic) bond motifs is 1. The number of halogens is 2. The van der Waals surface area contributed by atoms with Crippen molar-refractivity contribution in [3.8, 4) is 0 Å². The zero-order valence-corrected chi connectivity index (χ0v) is 13.6. The molecule has 0 atom stereocenters. The minimum absolute atomic E-state index is 0.196. The van der Waals surface area contributed by atoms with Crippen LogP contribution in [0.25, 0.3) is 0 Å². The van der Waals surface area contributed by atoms with E-state index in [1.165, 1.54) is 18.2 Å². The van der Waals surface area contributed by atoms with Crippen LogP contribution in [0.2, 0.25) is 0 Å². The number of aliphatic imine (C=N–C) groups is 1. The topological polar surface area (TPSA) is 53.5 Å². The molecule has 0 unspecified atom stereocenters. The third-order valence-electron chi connectivity index (χ3n) is 3.86. The van der Waals surface area contributed by atoms with Crippen molar-refractivity contribution in [1.82, 2.24) is 5.32 Å². The molecule has 3 rings (SSSR count). The summed E-state index contributed by atoms with van der Waals surface area (Å²) in [4.78, 5) is 15.8. The largest absolute Gasteiger partial charge is 0.381 e. The van der Waals surface area contributed by atoms with Crippen LogP contribution in [0, 0.1) is 11.6 Å². The SMILES string of the molecule is CNC(=O)/C=C/C1=NCc2ccc(NCc3cc(F)cc(F)c3)cc21. The number of nitrogens with zero attached hydrogens (tertiary/aromatic N) is 1. The molecular formula is C19H17F2N3O. The normalized spacial score (nSPS) is 12.8. The molecule has 0 radical (unpaired) electrons. The van der Waals surface area contributed by atoms with Crippen LogP contribution in [0.3, 0.4) is 0 Å². The van der Waals surface area contributed by atoms with Gasteiger partial charge in [-0.15, -0.1) is 0 Å². The summed E-state index contributed by atoms with van der Waals surface area (Å²) >= 11 is 0. The van der Waals surface area contributed by atoms with E-state index < -0.39 is 11.6 Å². The number of rotatable bonds is 5. The summed E-state index contributed by atoms with van der Waals surface area (Å²) < 4.78 is 26.5. The molecule has 6 heteroatoms. The highest BCUT2D eigenvalue weighted by atomic mass is 19.1. The van der Waals surface area contributed by atoms with E-state index in [2.05, 4.69) is 15.6 Å². The highest BCUT2D eigenvalue weighted by molar-refractivity contribution is 6.13. The van der Waals surface area contributed by atoms with Crippen molar-refractivity contribution in [2.24, 2.45) is 4.99 Å². The van der Waals surface area contributed by atoms with Gasteiger partial charge in [-0.3, -0.25) is 9.79 Å². The zero-order chi connectivity index (χ0) is 17.8. The number of hydrogen-bond donors (Lipinski definition) is 2. The van der Waals surface area contributed by atoms with Crippen LogP contribution in [-0.4, -0.2) is 18.7 Å². The Bertz CT molecular complexity index is 855. The third-order valence-corrected chi connectivity index (χ3v) is 3.86. The smallest absolute Gasteiger partial charge is 0.243 e. The number of carbonyl (C=O) groups excluding carboxylic acids is 1. The molecule has 1 amide bonds. The van der Waals surface area contributed by atoms with Crippen molar-refractivity contribution in [1.29, 1.82) is 0 Å². The number of carbonyl (C=O) groups is 1. The molecule has 128 valence electrons. The first-order valence-electron chi connectivity index (χ1n) is 7.81. The van der Waals surface area contributed by atoms with E-state index in [0.29, 0.717) is 18.7 Å². The molecule has 1 aliphatic heterocycles. The average Bonchev–Trinajstić information content (AvgIpc) is 2.99. The second kappa shape index (κ2) is 7.25. The van der Waals surface area contributed by atoms with Crippen LogP contribution >= 0.6 is 0 Å². The number of likely N-dealkylation sites (N-methyl/N-ethyl adjacent to an activating group) is 1. The lowest BCUT2D eigenvalue weighted by molar-refractivity contribution is -0.116. The lowest BCUT2D eigenvalue weighted by Crippen LogP contribution is -2.14. The molecule has 0 saturated heterocycles. The van der Waals surface area contributed by atoms with Crippen LogP contribution < -0.4 is 10.6 Å². The molecule has 4 nitrogen and oxygen atoms in total. The van der Waals surface area contributed by atoms with E-state index in [1.807, 2.05) is 18.2 Å². The van der Waals surface area contributed by atoms with Gasteiger partial charge in [-0.05, 0) is 41.5 Å². The average molecular weight is 341 g/mol. The standard InChI is InChI=1S/C19H17F2N3O/c1-22-19(25)5-4-18-17-9-16(3-2-13(17)11-24-18)23-10-12-6-14(20)8-15(21)7-12/h2-9,23H,10-11H2,1H3,(H,22,25)/b5-4+. The van der Waals surface area contributed by atoms with Gasteiger partial charge in [0.2, 0.25) is 5.91 Å². The molecule has 25 heavy (non-hydrogen) atoms. The Morgan fingerprint density at radius 2 is 1.96 bits per heavy atom. The quantitative estimate of drug-likeness (QED) is 0.821. The summed E-state index contributed by atoms with van der Waals surface area (Å²) in [6.07, 6.45) is 3.11. The van der Waals surface area contributed by atoms with Gasteiger partial charge in [0.25, 0.3) is 0 Å². The number of anilines is 1. The number of amides is 1. The second-order valence-electron chi connectivity index (χ2n) is 5.65. The molecule has 0 spiro atoms. The van der Waals surface area contributed by atoms with Crippen molar-refractivity contribution < 1.29 is 13.6 Å². The number of nitrogens with one attached hydrogen (secondary N) is 2. The van der Waals surface area contributed by atoms with Gasteiger partial charge in [0.15, 0.2) is 0 Å². The van der Waals surface area contributed by atoms with Gasteiger partial charge in [0.05, 0.1) is 12.3 Å². The minimum atomic E-state index is -0.598. The lowest BCUT2D eigenvalue weighted by atomic mass is 10.0. The molecule has 0 saturated carbocycles. The Hall–Kier alpha value is -3.02. The molecule has 2 aromatic rings. The molecule has 1 aliphatic rings. The fourth-order valence-corrected chi connectivity index (χ4v) is 2.62. The van der Waals surface area contributed by atoms with E-state index in [-0.39, 0.29) is 5.91 Å². The number of benzene rings is 2. The van der Waals surface area contributed by atoms with Gasteiger partial charge in [-0.1, -0.05) is 6.07 Å². The Balaban J connectivity index is 1.74. The Kier molecular flexibility index (Phi) is 4.88. The highest BCUT2D eigenvalue weighted by Crippen LogP contribution is 2.24. The predicted molar refractivity (Wildman–Crippen MR) is 93.6 cm³/mol. The summed E-state index contributed by atoms with van der Waals surface area (Å²) in [6.45, 7) is 0.867. The third kappa shape index (κ3) is 4.09. The fraction of sp³-hybridized carbons (Fsp3) is 0.158. The van der Waals surface area contributed by atoms with Crippen LogP contribution in [0.4, 0.5) is 14.5 Å². The number of hydrogen-bond acceptors (Lipinski definition) is 3. The molecule has 0 fully saturated rings. The van der Waals surface area contributed by atoms with E-state index >= 15 is 0 Å². The van der Waals surface area contributed by atoms with Crippen molar-refractivity contribution >= 4 is 17.3 Å². The van der Waals surface area contributed by atoms with Crippen molar-refractivity contribution in [3.05, 3.63) is 76.9 Å². The summed E-state index contributed by atoms with van der Waals surface area (Å²) in [7, 11) is 1.56. The Morgan fingerprint density at radius 1 is 1.20 bits per heavy atom. The molecule has 1 heterocycles. The summed E-state index contributed by atoms with van der Waals surface area (Å²) in [6, 6.07) is 9.21. The highest BCUT2D eigenvalue weighted by Gasteiger charge is 2.14. The Labute approximate surface area is 144 Å². The van der Waals surface area contributed by atoms with Crippen LogP contribution in [0.1, 0.15) is 16.7 Å². The maximum atomic E-state index is 13.2. The van der Waals surface area contributed by atoms with Crippen LogP contribution in [0.15, 0.2) is 53.5 Å². The maximum absolute atomic E-state index is 13.2. The maximum Gasteiger partial charge on any atom is 0.243 e. The summed E-state index contributed by atoms with van der Waals surface area (Å²) in [5.41, 5.74) is 4.08. The van der Waals surface area contributed by atoms with E-state index in [0.717, 1.165) is 28.6 Å². The van der Waals surface area contributed by atoms with E-state index in [4.69, 9.17) is 0 Å². The first-order valence-corrected chi connectivity index (χ1v) is 7.81. The fourth-order valence-electron chi connectivity index (χ4n) is 2.62. The van der Waals surface area contributed by atoms with Crippen molar-refractivity contribution in [3.63, 3.8) is 0 Å². The zero-order valence-electron chi connectivity index (χ0n) is 13.6. The van der Waals surface area contributed by atoms with Crippen molar-refractivity contribution in [2.45, 2.75) is 13.1 Å².